The predicted molar refractivity (Wildman–Crippen MR) is 132 cm³/mol. The summed E-state index contributed by atoms with van der Waals surface area (Å²) in [6.45, 7) is 1.97. The standard InChI is InChI=1S/C27H30N4O3/c1-31-16-13-27(14-17-31)18-22(19-8-3-5-11-23(19)34-27)30-26(32)20-9-7-15-28-25(20)29-21-10-4-6-12-24(21)33-2/h3-12,15,22H,13-14,16-18H2,1-2H3,(H,28,29)(H,30,32). The number of carbonyl (C=O) groups is 1. The summed E-state index contributed by atoms with van der Waals surface area (Å²) in [5.41, 5.74) is 1.99. The first kappa shape index (κ1) is 22.2. The van der Waals surface area contributed by atoms with Gasteiger partial charge in [0, 0.05) is 31.3 Å². The molecule has 5 rings (SSSR count). The Morgan fingerprint density at radius 1 is 1.09 bits per heavy atom. The summed E-state index contributed by atoms with van der Waals surface area (Å²) in [5.74, 6) is 1.86. The number of hydrogen-bond donors (Lipinski definition) is 2. The van der Waals surface area contributed by atoms with E-state index < -0.39 is 0 Å². The molecule has 0 radical (unpaired) electrons. The Hall–Kier alpha value is -3.58. The number of ether oxygens (including phenoxy) is 2. The Kier molecular flexibility index (Phi) is 6.11. The Morgan fingerprint density at radius 2 is 1.85 bits per heavy atom. The van der Waals surface area contributed by atoms with Crippen LogP contribution in [0.25, 0.3) is 0 Å². The Bertz CT molecular complexity index is 1170. The molecule has 1 fully saturated rings. The molecule has 0 aliphatic carbocycles. The second-order valence-electron chi connectivity index (χ2n) is 9.08. The van der Waals surface area contributed by atoms with E-state index in [-0.39, 0.29) is 17.6 Å². The fourth-order valence-corrected chi connectivity index (χ4v) is 4.88. The number of piperidine rings is 1. The summed E-state index contributed by atoms with van der Waals surface area (Å²) < 4.78 is 12.0. The largest absolute Gasteiger partial charge is 0.495 e. The highest BCUT2D eigenvalue weighted by Crippen LogP contribution is 2.44. The number of benzene rings is 2. The van der Waals surface area contributed by atoms with Gasteiger partial charge < -0.3 is 25.0 Å². The van der Waals surface area contributed by atoms with Crippen LogP contribution < -0.4 is 20.1 Å². The van der Waals surface area contributed by atoms with Crippen LogP contribution in [0, 0.1) is 0 Å². The maximum atomic E-state index is 13.5. The van der Waals surface area contributed by atoms with Crippen molar-refractivity contribution in [2.75, 3.05) is 32.6 Å². The van der Waals surface area contributed by atoms with Gasteiger partial charge in [-0.05, 0) is 50.2 Å². The predicted octanol–water partition coefficient (Wildman–Crippen LogP) is 4.55. The maximum absolute atomic E-state index is 13.5. The number of nitrogens with one attached hydrogen (secondary N) is 2. The van der Waals surface area contributed by atoms with Crippen LogP contribution in [0.5, 0.6) is 11.5 Å². The van der Waals surface area contributed by atoms with Gasteiger partial charge in [-0.3, -0.25) is 4.79 Å². The van der Waals surface area contributed by atoms with Crippen molar-refractivity contribution in [2.24, 2.45) is 0 Å². The fourth-order valence-electron chi connectivity index (χ4n) is 4.88. The number of carbonyl (C=O) groups excluding carboxylic acids is 1. The molecule has 34 heavy (non-hydrogen) atoms. The number of likely N-dealkylation sites (tertiary alicyclic amines) is 1. The first-order chi connectivity index (χ1) is 16.6. The lowest BCUT2D eigenvalue weighted by Crippen LogP contribution is -2.51. The molecule has 2 N–H and O–H groups in total. The zero-order chi connectivity index (χ0) is 23.5. The number of amides is 1. The van der Waals surface area contributed by atoms with E-state index in [1.807, 2.05) is 48.5 Å². The van der Waals surface area contributed by atoms with E-state index in [4.69, 9.17) is 9.47 Å². The van der Waals surface area contributed by atoms with Gasteiger partial charge in [-0.2, -0.15) is 0 Å². The Morgan fingerprint density at radius 3 is 2.68 bits per heavy atom. The highest BCUT2D eigenvalue weighted by molar-refractivity contribution is 5.99. The number of pyridine rings is 1. The third-order valence-corrected chi connectivity index (χ3v) is 6.81. The van der Waals surface area contributed by atoms with Crippen LogP contribution in [0.1, 0.15) is 41.2 Å². The van der Waals surface area contributed by atoms with Crippen molar-refractivity contribution < 1.29 is 14.3 Å². The van der Waals surface area contributed by atoms with Crippen molar-refractivity contribution >= 4 is 17.4 Å². The molecule has 1 aromatic heterocycles. The van der Waals surface area contributed by atoms with Crippen molar-refractivity contribution in [1.82, 2.24) is 15.2 Å². The summed E-state index contributed by atoms with van der Waals surface area (Å²) in [4.78, 5) is 20.3. The molecule has 0 bridgehead atoms. The molecular weight excluding hydrogens is 428 g/mol. The molecule has 2 aliphatic rings. The lowest BCUT2D eigenvalue weighted by atomic mass is 9.80. The van der Waals surface area contributed by atoms with Crippen molar-refractivity contribution in [2.45, 2.75) is 30.9 Å². The Labute approximate surface area is 200 Å². The third-order valence-electron chi connectivity index (χ3n) is 6.81. The number of para-hydroxylation sites is 3. The number of rotatable bonds is 5. The van der Waals surface area contributed by atoms with Gasteiger partial charge in [0.05, 0.1) is 24.4 Å². The van der Waals surface area contributed by atoms with Crippen molar-refractivity contribution in [3.8, 4) is 11.5 Å². The SMILES string of the molecule is COc1ccccc1Nc1ncccc1C(=O)NC1CC2(CCN(C)CC2)Oc2ccccc21. The number of methoxy groups -OCH3 is 1. The van der Waals surface area contributed by atoms with Gasteiger partial charge >= 0.3 is 0 Å². The van der Waals surface area contributed by atoms with Gasteiger partial charge in [0.1, 0.15) is 22.9 Å². The summed E-state index contributed by atoms with van der Waals surface area (Å²) in [6, 6.07) is 19.0. The van der Waals surface area contributed by atoms with E-state index in [0.717, 1.165) is 49.4 Å². The smallest absolute Gasteiger partial charge is 0.255 e. The summed E-state index contributed by atoms with van der Waals surface area (Å²) >= 11 is 0. The number of hydrogen-bond acceptors (Lipinski definition) is 6. The highest BCUT2D eigenvalue weighted by atomic mass is 16.5. The molecule has 3 aromatic rings. The van der Waals surface area contributed by atoms with Gasteiger partial charge in [0.15, 0.2) is 0 Å². The zero-order valence-corrected chi connectivity index (χ0v) is 19.6. The second kappa shape index (κ2) is 9.35. The summed E-state index contributed by atoms with van der Waals surface area (Å²) in [7, 11) is 3.76. The van der Waals surface area contributed by atoms with Crippen LogP contribution in [-0.2, 0) is 0 Å². The molecule has 1 saturated heterocycles. The minimum absolute atomic E-state index is 0.139. The average Bonchev–Trinajstić information content (AvgIpc) is 2.86. The minimum Gasteiger partial charge on any atom is -0.495 e. The van der Waals surface area contributed by atoms with Crippen LogP contribution in [0.3, 0.4) is 0 Å². The first-order valence-electron chi connectivity index (χ1n) is 11.7. The molecule has 3 heterocycles. The molecule has 1 amide bonds. The number of aromatic nitrogens is 1. The van der Waals surface area contributed by atoms with Gasteiger partial charge in [-0.1, -0.05) is 30.3 Å². The van der Waals surface area contributed by atoms with E-state index in [1.54, 1.807) is 25.4 Å². The summed E-state index contributed by atoms with van der Waals surface area (Å²) in [5, 5.41) is 6.55. The van der Waals surface area contributed by atoms with Crippen LogP contribution >= 0.6 is 0 Å². The van der Waals surface area contributed by atoms with E-state index in [9.17, 15) is 4.79 Å². The monoisotopic (exact) mass is 458 g/mol. The average molecular weight is 459 g/mol. The maximum Gasteiger partial charge on any atom is 0.255 e. The molecule has 1 unspecified atom stereocenters. The van der Waals surface area contributed by atoms with Crippen LogP contribution in [0.2, 0.25) is 0 Å². The molecule has 2 aromatic carbocycles. The van der Waals surface area contributed by atoms with Crippen molar-refractivity contribution in [1.29, 1.82) is 0 Å². The molecule has 176 valence electrons. The normalized spacial score (nSPS) is 19.1. The van der Waals surface area contributed by atoms with Gasteiger partial charge in [-0.25, -0.2) is 4.98 Å². The zero-order valence-electron chi connectivity index (χ0n) is 19.6. The molecule has 1 atom stereocenters. The Balaban J connectivity index is 1.41. The lowest BCUT2D eigenvalue weighted by Gasteiger charge is -2.46. The topological polar surface area (TPSA) is 75.7 Å². The lowest BCUT2D eigenvalue weighted by molar-refractivity contribution is -0.0195. The molecule has 1 spiro atoms. The molecule has 0 saturated carbocycles. The van der Waals surface area contributed by atoms with E-state index in [2.05, 4.69) is 27.6 Å². The van der Waals surface area contributed by atoms with Crippen molar-refractivity contribution in [3.05, 3.63) is 78.0 Å². The molecular formula is C27H30N4O3. The van der Waals surface area contributed by atoms with Gasteiger partial charge in [0.2, 0.25) is 0 Å². The van der Waals surface area contributed by atoms with Crippen LogP contribution in [0.4, 0.5) is 11.5 Å². The summed E-state index contributed by atoms with van der Waals surface area (Å²) in [6.07, 6.45) is 4.31. The first-order valence-corrected chi connectivity index (χ1v) is 11.7. The van der Waals surface area contributed by atoms with Gasteiger partial charge in [-0.15, -0.1) is 0 Å². The fraction of sp³-hybridized carbons (Fsp3) is 0.333. The van der Waals surface area contributed by atoms with Crippen molar-refractivity contribution in [3.63, 3.8) is 0 Å². The third kappa shape index (κ3) is 4.43. The molecule has 2 aliphatic heterocycles. The van der Waals surface area contributed by atoms with E-state index in [0.29, 0.717) is 17.1 Å². The molecule has 7 heteroatoms. The molecule has 7 nitrogen and oxygen atoms in total. The number of fused-ring (bicyclic) bond motifs is 1. The highest BCUT2D eigenvalue weighted by Gasteiger charge is 2.43. The second-order valence-corrected chi connectivity index (χ2v) is 9.08. The van der Waals surface area contributed by atoms with Gasteiger partial charge in [0.25, 0.3) is 5.91 Å². The van der Waals surface area contributed by atoms with E-state index in [1.165, 1.54) is 0 Å². The van der Waals surface area contributed by atoms with Crippen LogP contribution in [-0.4, -0.2) is 48.6 Å². The minimum atomic E-state index is -0.258. The number of anilines is 2. The quantitative estimate of drug-likeness (QED) is 0.584. The number of nitrogens with zero attached hydrogens (tertiary/aromatic N) is 2. The van der Waals surface area contributed by atoms with Crippen LogP contribution in [0.15, 0.2) is 66.9 Å². The van der Waals surface area contributed by atoms with E-state index >= 15 is 0 Å².